The summed E-state index contributed by atoms with van der Waals surface area (Å²) in [6, 6.07) is -1.74. The standard InChI is InChI=1S/C8H17N3O5S/c1-3-10-17(15,16)5-4-9-8(14)11-6(2)7(12)13/h6,10H,3-5H2,1-2H3,(H,12,13)(H2,9,11,14)/t6-/m0/s1. The van der Waals surface area contributed by atoms with Gasteiger partial charge in [-0.25, -0.2) is 17.9 Å². The quantitative estimate of drug-likeness (QED) is 0.456. The molecule has 0 unspecified atom stereocenters. The van der Waals surface area contributed by atoms with Crippen molar-refractivity contribution in [2.24, 2.45) is 0 Å². The van der Waals surface area contributed by atoms with Gasteiger partial charge < -0.3 is 15.7 Å². The molecule has 0 bridgehead atoms. The number of urea groups is 1. The van der Waals surface area contributed by atoms with Gasteiger partial charge in [0.25, 0.3) is 0 Å². The number of carboxylic acids is 1. The fourth-order valence-corrected chi connectivity index (χ4v) is 1.86. The molecule has 9 heteroatoms. The molecular weight excluding hydrogens is 250 g/mol. The fraction of sp³-hybridized carbons (Fsp3) is 0.750. The van der Waals surface area contributed by atoms with Crippen molar-refractivity contribution in [1.29, 1.82) is 0 Å². The van der Waals surface area contributed by atoms with Crippen molar-refractivity contribution in [3.05, 3.63) is 0 Å². The third-order valence-electron chi connectivity index (χ3n) is 1.74. The summed E-state index contributed by atoms with van der Waals surface area (Å²) < 4.78 is 24.6. The Kier molecular flexibility index (Phi) is 6.51. The Bertz CT molecular complexity index is 367. The minimum atomic E-state index is -3.38. The molecule has 2 amide bonds. The predicted molar refractivity (Wildman–Crippen MR) is 61.1 cm³/mol. The molecule has 8 nitrogen and oxygen atoms in total. The van der Waals surface area contributed by atoms with Gasteiger partial charge in [-0.15, -0.1) is 0 Å². The molecule has 17 heavy (non-hydrogen) atoms. The summed E-state index contributed by atoms with van der Waals surface area (Å²) in [5.41, 5.74) is 0. The maximum absolute atomic E-state index is 11.2. The van der Waals surface area contributed by atoms with Crippen LogP contribution in [0.15, 0.2) is 0 Å². The highest BCUT2D eigenvalue weighted by molar-refractivity contribution is 7.89. The van der Waals surface area contributed by atoms with Crippen molar-refractivity contribution < 1.29 is 23.1 Å². The largest absolute Gasteiger partial charge is 0.480 e. The van der Waals surface area contributed by atoms with E-state index in [9.17, 15) is 18.0 Å². The maximum atomic E-state index is 11.2. The first-order valence-electron chi connectivity index (χ1n) is 5.03. The minimum Gasteiger partial charge on any atom is -0.480 e. The zero-order valence-corrected chi connectivity index (χ0v) is 10.5. The van der Waals surface area contributed by atoms with Crippen molar-refractivity contribution in [1.82, 2.24) is 15.4 Å². The molecule has 1 atom stereocenters. The Hall–Kier alpha value is -1.35. The number of carbonyl (C=O) groups excluding carboxylic acids is 1. The summed E-state index contributed by atoms with van der Waals surface area (Å²) in [7, 11) is -3.38. The molecule has 0 rings (SSSR count). The first kappa shape index (κ1) is 15.7. The highest BCUT2D eigenvalue weighted by Crippen LogP contribution is 1.83. The first-order valence-corrected chi connectivity index (χ1v) is 6.68. The lowest BCUT2D eigenvalue weighted by Gasteiger charge is -2.10. The Labute approximate surface area is 99.8 Å². The molecule has 4 N–H and O–H groups in total. The summed E-state index contributed by atoms with van der Waals surface area (Å²) in [5, 5.41) is 12.9. The molecule has 0 saturated heterocycles. The van der Waals surface area contributed by atoms with Crippen LogP contribution >= 0.6 is 0 Å². The van der Waals surface area contributed by atoms with E-state index in [1.54, 1.807) is 6.92 Å². The van der Waals surface area contributed by atoms with Crippen molar-refractivity contribution in [3.63, 3.8) is 0 Å². The van der Waals surface area contributed by atoms with Crippen LogP contribution in [0.25, 0.3) is 0 Å². The summed E-state index contributed by atoms with van der Waals surface area (Å²) in [6.07, 6.45) is 0. The molecule has 0 aromatic heterocycles. The minimum absolute atomic E-state index is 0.0898. The van der Waals surface area contributed by atoms with Crippen molar-refractivity contribution >= 4 is 22.0 Å². The normalized spacial score (nSPS) is 12.8. The van der Waals surface area contributed by atoms with Gasteiger partial charge in [-0.2, -0.15) is 0 Å². The second-order valence-electron chi connectivity index (χ2n) is 3.28. The summed E-state index contributed by atoms with van der Waals surface area (Å²) in [5.74, 6) is -1.42. The van der Waals surface area contributed by atoms with E-state index < -0.39 is 28.1 Å². The third-order valence-corrected chi connectivity index (χ3v) is 3.21. The zero-order valence-electron chi connectivity index (χ0n) is 9.69. The van der Waals surface area contributed by atoms with Crippen LogP contribution in [0.1, 0.15) is 13.8 Å². The van der Waals surface area contributed by atoms with E-state index >= 15 is 0 Å². The van der Waals surface area contributed by atoms with Gasteiger partial charge in [0.15, 0.2) is 0 Å². The van der Waals surface area contributed by atoms with Crippen molar-refractivity contribution in [2.75, 3.05) is 18.8 Å². The highest BCUT2D eigenvalue weighted by Gasteiger charge is 2.14. The molecule has 0 aliphatic rings. The van der Waals surface area contributed by atoms with E-state index in [0.717, 1.165) is 0 Å². The lowest BCUT2D eigenvalue weighted by Crippen LogP contribution is -2.46. The molecule has 0 heterocycles. The Balaban J connectivity index is 3.90. The molecule has 0 aliphatic heterocycles. The summed E-state index contributed by atoms with van der Waals surface area (Å²) >= 11 is 0. The van der Waals surface area contributed by atoms with Gasteiger partial charge in [-0.1, -0.05) is 6.92 Å². The van der Waals surface area contributed by atoms with Crippen LogP contribution < -0.4 is 15.4 Å². The van der Waals surface area contributed by atoms with Crippen LogP contribution in [0.5, 0.6) is 0 Å². The second-order valence-corrected chi connectivity index (χ2v) is 5.20. The number of carbonyl (C=O) groups is 2. The Morgan fingerprint density at radius 2 is 1.94 bits per heavy atom. The van der Waals surface area contributed by atoms with Gasteiger partial charge in [-0.3, -0.25) is 4.79 Å². The second kappa shape index (κ2) is 7.07. The SMILES string of the molecule is CCNS(=O)(=O)CCNC(=O)N[C@@H](C)C(=O)O. The lowest BCUT2D eigenvalue weighted by molar-refractivity contribution is -0.138. The van der Waals surface area contributed by atoms with Crippen molar-refractivity contribution in [3.8, 4) is 0 Å². The van der Waals surface area contributed by atoms with Gasteiger partial charge >= 0.3 is 12.0 Å². The lowest BCUT2D eigenvalue weighted by atomic mass is 10.3. The van der Waals surface area contributed by atoms with Crippen LogP contribution in [-0.4, -0.2) is 50.4 Å². The number of carboxylic acid groups (broad SMARTS) is 1. The van der Waals surface area contributed by atoms with Crippen molar-refractivity contribution in [2.45, 2.75) is 19.9 Å². The number of sulfonamides is 1. The maximum Gasteiger partial charge on any atom is 0.325 e. The molecule has 0 fully saturated rings. The molecule has 0 aromatic carbocycles. The number of hydrogen-bond donors (Lipinski definition) is 4. The number of amides is 2. The third kappa shape index (κ3) is 7.53. The van der Waals surface area contributed by atoms with Gasteiger partial charge in [0.1, 0.15) is 6.04 Å². The fourth-order valence-electron chi connectivity index (χ4n) is 0.900. The van der Waals surface area contributed by atoms with Gasteiger partial charge in [-0.05, 0) is 6.92 Å². The highest BCUT2D eigenvalue weighted by atomic mass is 32.2. The number of hydrogen-bond acceptors (Lipinski definition) is 4. The number of aliphatic carboxylic acids is 1. The molecule has 0 saturated carbocycles. The Morgan fingerprint density at radius 1 is 1.35 bits per heavy atom. The summed E-state index contributed by atoms with van der Waals surface area (Å²) in [4.78, 5) is 21.5. The number of nitrogens with one attached hydrogen (secondary N) is 3. The van der Waals surface area contributed by atoms with Crippen LogP contribution in [-0.2, 0) is 14.8 Å². The van der Waals surface area contributed by atoms with Gasteiger partial charge in [0, 0.05) is 13.1 Å². The smallest absolute Gasteiger partial charge is 0.325 e. The van der Waals surface area contributed by atoms with Crippen LogP contribution in [0.2, 0.25) is 0 Å². The molecule has 0 aliphatic carbocycles. The summed E-state index contributed by atoms with van der Waals surface area (Å²) in [6.45, 7) is 3.14. The van der Waals surface area contributed by atoms with E-state index in [0.29, 0.717) is 0 Å². The van der Waals surface area contributed by atoms with Gasteiger partial charge in [0.2, 0.25) is 10.0 Å². The number of rotatable bonds is 7. The molecule has 100 valence electrons. The van der Waals surface area contributed by atoms with Crippen LogP contribution in [0.4, 0.5) is 4.79 Å². The van der Waals surface area contributed by atoms with E-state index in [-0.39, 0.29) is 18.8 Å². The van der Waals surface area contributed by atoms with Crippen LogP contribution in [0, 0.1) is 0 Å². The van der Waals surface area contributed by atoms with E-state index in [2.05, 4.69) is 15.4 Å². The zero-order chi connectivity index (χ0) is 13.5. The van der Waals surface area contributed by atoms with E-state index in [4.69, 9.17) is 5.11 Å². The molecule has 0 aromatic rings. The van der Waals surface area contributed by atoms with E-state index in [1.807, 2.05) is 0 Å². The predicted octanol–water partition coefficient (Wildman–Crippen LogP) is -1.30. The molecule has 0 spiro atoms. The Morgan fingerprint density at radius 3 is 2.41 bits per heavy atom. The van der Waals surface area contributed by atoms with E-state index in [1.165, 1.54) is 6.92 Å². The average molecular weight is 267 g/mol. The molecule has 0 radical (unpaired) electrons. The topological polar surface area (TPSA) is 125 Å². The average Bonchev–Trinajstić information content (AvgIpc) is 2.16. The monoisotopic (exact) mass is 267 g/mol. The van der Waals surface area contributed by atoms with Crippen LogP contribution in [0.3, 0.4) is 0 Å². The molecular formula is C8H17N3O5S. The first-order chi connectivity index (χ1) is 7.78. The van der Waals surface area contributed by atoms with Gasteiger partial charge in [0.05, 0.1) is 5.75 Å².